The zero-order chi connectivity index (χ0) is 21.3. The minimum Gasteiger partial charge on any atom is -0.396 e. The van der Waals surface area contributed by atoms with Crippen molar-refractivity contribution < 1.29 is 23.1 Å². The van der Waals surface area contributed by atoms with E-state index in [0.29, 0.717) is 55.9 Å². The van der Waals surface area contributed by atoms with E-state index in [9.17, 15) is 23.1 Å². The van der Waals surface area contributed by atoms with Crippen LogP contribution in [0.5, 0.6) is 0 Å². The first kappa shape index (κ1) is 21.2. The number of hydrogen-bond acceptors (Lipinski definition) is 4. The van der Waals surface area contributed by atoms with Crippen molar-refractivity contribution >= 4 is 17.7 Å². The number of piperazine rings is 1. The maximum absolute atomic E-state index is 13.9. The molecule has 0 saturated carbocycles. The minimum atomic E-state index is -4.60. The Balaban J connectivity index is 1.80. The molecule has 0 spiro atoms. The summed E-state index contributed by atoms with van der Waals surface area (Å²) in [5, 5.41) is 12.5. The fourth-order valence-electron chi connectivity index (χ4n) is 4.19. The lowest BCUT2D eigenvalue weighted by molar-refractivity contribution is -0.138. The third-order valence-electron chi connectivity index (χ3n) is 5.65. The molecule has 4 rings (SSSR count). The molecule has 1 amide bonds. The maximum Gasteiger partial charge on any atom is 0.417 e. The molecule has 1 saturated heterocycles. The van der Waals surface area contributed by atoms with Crippen molar-refractivity contribution in [1.29, 1.82) is 0 Å². The van der Waals surface area contributed by atoms with E-state index in [-0.39, 0.29) is 12.2 Å². The number of aliphatic hydroxyl groups is 1. The van der Waals surface area contributed by atoms with Gasteiger partial charge in [-0.3, -0.25) is 4.79 Å². The number of halogens is 3. The zero-order valence-corrected chi connectivity index (χ0v) is 17.2. The van der Waals surface area contributed by atoms with Crippen LogP contribution in [-0.4, -0.2) is 48.7 Å². The van der Waals surface area contributed by atoms with E-state index < -0.39 is 17.6 Å². The van der Waals surface area contributed by atoms with Crippen molar-refractivity contribution in [2.24, 2.45) is 0 Å². The number of rotatable bonds is 3. The van der Waals surface area contributed by atoms with E-state index in [0.717, 1.165) is 22.1 Å². The van der Waals surface area contributed by atoms with Crippen molar-refractivity contribution in [2.75, 3.05) is 32.8 Å². The third kappa shape index (κ3) is 4.08. The lowest BCUT2D eigenvalue weighted by Gasteiger charge is -2.29. The van der Waals surface area contributed by atoms with Crippen molar-refractivity contribution in [3.05, 3.63) is 58.1 Å². The lowest BCUT2D eigenvalue weighted by atomic mass is 9.92. The van der Waals surface area contributed by atoms with Crippen LogP contribution in [0.25, 0.3) is 0 Å². The summed E-state index contributed by atoms with van der Waals surface area (Å²) in [6, 6.07) is 8.33. The van der Waals surface area contributed by atoms with Gasteiger partial charge in [-0.2, -0.15) is 13.2 Å². The molecule has 2 N–H and O–H groups in total. The molecule has 0 aliphatic carbocycles. The van der Waals surface area contributed by atoms with Crippen molar-refractivity contribution in [3.63, 3.8) is 0 Å². The van der Waals surface area contributed by atoms with E-state index in [1.807, 2.05) is 18.2 Å². The summed E-state index contributed by atoms with van der Waals surface area (Å²) in [4.78, 5) is 16.4. The monoisotopic (exact) mass is 436 g/mol. The van der Waals surface area contributed by atoms with E-state index in [4.69, 9.17) is 0 Å². The van der Waals surface area contributed by atoms with Gasteiger partial charge in [0, 0.05) is 42.6 Å². The van der Waals surface area contributed by atoms with Gasteiger partial charge in [0.1, 0.15) is 0 Å². The number of fused-ring (bicyclic) bond motifs is 2. The highest BCUT2D eigenvalue weighted by atomic mass is 32.2. The third-order valence-corrected chi connectivity index (χ3v) is 6.85. The molecule has 8 heteroatoms. The normalized spacial score (nSPS) is 16.6. The Morgan fingerprint density at radius 3 is 2.47 bits per heavy atom. The summed E-state index contributed by atoms with van der Waals surface area (Å²) in [7, 11) is 0. The Labute approximate surface area is 177 Å². The number of carbonyl (C=O) groups excluding carboxylic acids is 1. The van der Waals surface area contributed by atoms with Gasteiger partial charge in [-0.05, 0) is 54.2 Å². The lowest BCUT2D eigenvalue weighted by Crippen LogP contribution is -2.47. The van der Waals surface area contributed by atoms with Crippen LogP contribution in [0.1, 0.15) is 32.6 Å². The summed E-state index contributed by atoms with van der Waals surface area (Å²) in [6.07, 6.45) is -3.20. The number of nitrogens with one attached hydrogen (secondary N) is 1. The van der Waals surface area contributed by atoms with Crippen LogP contribution in [0.15, 0.2) is 40.1 Å². The molecule has 4 nitrogen and oxygen atoms in total. The number of nitrogens with zero attached hydrogens (tertiary/aromatic N) is 1. The van der Waals surface area contributed by atoms with Gasteiger partial charge >= 0.3 is 6.18 Å². The molecule has 2 aliphatic heterocycles. The first-order chi connectivity index (χ1) is 14.4. The molecule has 0 unspecified atom stereocenters. The second-order valence-electron chi connectivity index (χ2n) is 7.47. The summed E-state index contributed by atoms with van der Waals surface area (Å²) in [5.41, 5.74) is 1.46. The van der Waals surface area contributed by atoms with Gasteiger partial charge in [-0.15, -0.1) is 0 Å². The van der Waals surface area contributed by atoms with Crippen LogP contribution in [0, 0.1) is 0 Å². The molecular weight excluding hydrogens is 413 g/mol. The molecule has 0 atom stereocenters. The second-order valence-corrected chi connectivity index (χ2v) is 8.56. The van der Waals surface area contributed by atoms with Gasteiger partial charge in [0.05, 0.1) is 11.1 Å². The average Bonchev–Trinajstić information content (AvgIpc) is 2.92. The molecular formula is C22H23F3N2O2S. The van der Waals surface area contributed by atoms with Crippen LogP contribution in [-0.2, 0) is 25.4 Å². The van der Waals surface area contributed by atoms with Gasteiger partial charge in [0.25, 0.3) is 5.91 Å². The fraction of sp³-hybridized carbons (Fsp3) is 0.409. The standard InChI is InChI=1S/C22H23F3N2O2S/c23-22(24,25)17-6-7-19-16(20(17)21(29)27-11-9-26-10-12-27)5-4-15-14(8-13-28)2-1-3-18(15)30-19/h1-3,6-7,26,28H,4-5,8-13H2. The Morgan fingerprint density at radius 2 is 1.77 bits per heavy atom. The quantitative estimate of drug-likeness (QED) is 0.773. The predicted molar refractivity (Wildman–Crippen MR) is 109 cm³/mol. The molecule has 30 heavy (non-hydrogen) atoms. The number of amides is 1. The minimum absolute atomic E-state index is 0.0129. The topological polar surface area (TPSA) is 52.6 Å². The van der Waals surface area contributed by atoms with Crippen molar-refractivity contribution in [3.8, 4) is 0 Å². The van der Waals surface area contributed by atoms with Gasteiger partial charge in [-0.25, -0.2) is 0 Å². The van der Waals surface area contributed by atoms with E-state index in [1.165, 1.54) is 22.7 Å². The van der Waals surface area contributed by atoms with E-state index >= 15 is 0 Å². The van der Waals surface area contributed by atoms with Gasteiger partial charge < -0.3 is 15.3 Å². The van der Waals surface area contributed by atoms with Gasteiger partial charge in [-0.1, -0.05) is 23.9 Å². The Morgan fingerprint density at radius 1 is 1.07 bits per heavy atom. The zero-order valence-electron chi connectivity index (χ0n) is 16.4. The number of benzene rings is 2. The van der Waals surface area contributed by atoms with Crippen LogP contribution in [0.3, 0.4) is 0 Å². The first-order valence-corrected chi connectivity index (χ1v) is 10.8. The number of hydrogen-bond donors (Lipinski definition) is 2. The Kier molecular flexibility index (Phi) is 6.09. The molecule has 160 valence electrons. The molecule has 2 aromatic carbocycles. The van der Waals surface area contributed by atoms with Crippen molar-refractivity contribution in [2.45, 2.75) is 35.2 Å². The maximum atomic E-state index is 13.9. The fourth-order valence-corrected chi connectivity index (χ4v) is 5.40. The van der Waals surface area contributed by atoms with Crippen LogP contribution in [0.4, 0.5) is 13.2 Å². The SMILES string of the molecule is O=C(c1c(C(F)(F)F)ccc2c1CCc1c(CCO)cccc1S2)N1CCNCC1. The van der Waals surface area contributed by atoms with E-state index in [1.54, 1.807) is 0 Å². The summed E-state index contributed by atoms with van der Waals surface area (Å²) in [5.74, 6) is -0.539. The van der Waals surface area contributed by atoms with Crippen LogP contribution in [0.2, 0.25) is 0 Å². The molecule has 0 radical (unpaired) electrons. The highest BCUT2D eigenvalue weighted by molar-refractivity contribution is 7.99. The summed E-state index contributed by atoms with van der Waals surface area (Å²) >= 11 is 1.41. The largest absolute Gasteiger partial charge is 0.417 e. The van der Waals surface area contributed by atoms with E-state index in [2.05, 4.69) is 5.32 Å². The molecule has 2 heterocycles. The first-order valence-electron chi connectivity index (χ1n) is 10.0. The number of carbonyl (C=O) groups is 1. The average molecular weight is 436 g/mol. The van der Waals surface area contributed by atoms with Crippen LogP contribution >= 0.6 is 11.8 Å². The Hall–Kier alpha value is -2.03. The molecule has 0 aromatic heterocycles. The molecule has 1 fully saturated rings. The molecule has 2 aliphatic rings. The number of aliphatic hydroxyl groups excluding tert-OH is 1. The van der Waals surface area contributed by atoms with Gasteiger partial charge in [0.15, 0.2) is 0 Å². The van der Waals surface area contributed by atoms with Crippen molar-refractivity contribution in [1.82, 2.24) is 10.2 Å². The predicted octanol–water partition coefficient (Wildman–Crippen LogP) is 3.54. The summed E-state index contributed by atoms with van der Waals surface area (Å²) in [6.45, 7) is 1.96. The number of alkyl halides is 3. The molecule has 0 bridgehead atoms. The highest BCUT2D eigenvalue weighted by Crippen LogP contribution is 2.43. The second kappa shape index (κ2) is 8.61. The smallest absolute Gasteiger partial charge is 0.396 e. The Bertz CT molecular complexity index is 956. The highest BCUT2D eigenvalue weighted by Gasteiger charge is 2.39. The molecule has 2 aromatic rings. The van der Waals surface area contributed by atoms with Crippen LogP contribution < -0.4 is 5.32 Å². The summed E-state index contributed by atoms with van der Waals surface area (Å²) < 4.78 is 41.6. The van der Waals surface area contributed by atoms with Gasteiger partial charge in [0.2, 0.25) is 0 Å².